The molecule has 6 N–H and O–H groups in total. The van der Waals surface area contributed by atoms with E-state index in [1.54, 1.807) is 12.3 Å². The lowest BCUT2D eigenvalue weighted by Gasteiger charge is -2.38. The largest absolute Gasteiger partial charge is 0.459 e. The fourth-order valence-corrected chi connectivity index (χ4v) is 4.41. The maximum atomic E-state index is 13.4. The van der Waals surface area contributed by atoms with Crippen molar-refractivity contribution in [2.75, 3.05) is 13.2 Å². The Morgan fingerprint density at radius 1 is 1.20 bits per heavy atom. The minimum atomic E-state index is -1.02. The number of aliphatic hydroxyl groups excluding tert-OH is 1. The summed E-state index contributed by atoms with van der Waals surface area (Å²) in [4.78, 5) is 54.8. The van der Waals surface area contributed by atoms with Gasteiger partial charge in [0.25, 0.3) is 5.91 Å². The molecule has 2 aromatic heterocycles. The first kappa shape index (κ1) is 24.0. The van der Waals surface area contributed by atoms with Gasteiger partial charge in [0.05, 0.1) is 6.26 Å². The van der Waals surface area contributed by atoms with Crippen molar-refractivity contribution in [2.45, 2.75) is 37.4 Å². The number of amides is 4. The van der Waals surface area contributed by atoms with Gasteiger partial charge < -0.3 is 35.8 Å². The van der Waals surface area contributed by atoms with E-state index in [1.807, 2.05) is 24.3 Å². The van der Waals surface area contributed by atoms with Crippen LogP contribution in [0.25, 0.3) is 10.9 Å². The van der Waals surface area contributed by atoms with Gasteiger partial charge in [-0.3, -0.25) is 19.2 Å². The van der Waals surface area contributed by atoms with Gasteiger partial charge in [-0.2, -0.15) is 0 Å². The van der Waals surface area contributed by atoms with Gasteiger partial charge in [0, 0.05) is 36.1 Å². The number of hydrogen-bond donors (Lipinski definition) is 5. The maximum absolute atomic E-state index is 13.4. The second-order valence-electron chi connectivity index (χ2n) is 8.47. The van der Waals surface area contributed by atoms with E-state index in [2.05, 4.69) is 15.6 Å². The van der Waals surface area contributed by atoms with E-state index in [4.69, 9.17) is 15.3 Å². The zero-order chi connectivity index (χ0) is 24.9. The van der Waals surface area contributed by atoms with Crippen LogP contribution in [-0.4, -0.2) is 69.9 Å². The summed E-state index contributed by atoms with van der Waals surface area (Å²) in [5, 5.41) is 15.3. The third kappa shape index (κ3) is 5.35. The minimum Gasteiger partial charge on any atom is -0.459 e. The highest BCUT2D eigenvalue weighted by atomic mass is 16.3. The Kier molecular flexibility index (Phi) is 7.16. The highest BCUT2D eigenvalue weighted by molar-refractivity contribution is 5.97. The van der Waals surface area contributed by atoms with Gasteiger partial charge in [-0.1, -0.05) is 18.2 Å². The summed E-state index contributed by atoms with van der Waals surface area (Å²) in [5.74, 6) is -2.26. The Balaban J connectivity index is 1.54. The SMILES string of the molecule is NC(=O)[C@@H](Cc1c[nH]c2ccccc12)NC(=O)[C@@H]1C[C@@H](NC(=O)CO)CCN1C(=O)c1ccco1. The standard InChI is InChI=1S/C24H27N5O6/c25-22(32)18(10-14-12-26-17-5-2-1-4-16(14)17)28-23(33)19-11-15(27-21(31)13-30)7-8-29(19)24(34)20-6-3-9-35-20/h1-6,9,12,15,18-19,26,30H,7-8,10-11,13H2,(H2,25,32)(H,27,31)(H,28,33)/t15-,18+,19-/m0/s1. The molecule has 0 aliphatic carbocycles. The lowest BCUT2D eigenvalue weighted by molar-refractivity contribution is -0.132. The van der Waals surface area contributed by atoms with Crippen LogP contribution in [0.5, 0.6) is 0 Å². The fourth-order valence-electron chi connectivity index (χ4n) is 4.41. The molecule has 184 valence electrons. The number of primary amides is 1. The van der Waals surface area contributed by atoms with E-state index in [9.17, 15) is 19.2 Å². The number of furan rings is 1. The zero-order valence-electron chi connectivity index (χ0n) is 18.9. The van der Waals surface area contributed by atoms with Crippen molar-refractivity contribution in [3.63, 3.8) is 0 Å². The molecule has 11 nitrogen and oxygen atoms in total. The first-order valence-corrected chi connectivity index (χ1v) is 11.3. The molecule has 3 atom stereocenters. The molecule has 0 bridgehead atoms. The molecule has 0 saturated carbocycles. The number of nitrogens with two attached hydrogens (primary N) is 1. The van der Waals surface area contributed by atoms with Crippen molar-refractivity contribution in [3.05, 3.63) is 60.2 Å². The Bertz CT molecular complexity index is 1220. The lowest BCUT2D eigenvalue weighted by atomic mass is 9.95. The summed E-state index contributed by atoms with van der Waals surface area (Å²) in [6.45, 7) is -0.519. The molecular weight excluding hydrogens is 454 g/mol. The normalized spacial score (nSPS) is 18.7. The highest BCUT2D eigenvalue weighted by Crippen LogP contribution is 2.22. The van der Waals surface area contributed by atoms with E-state index in [1.165, 1.54) is 17.2 Å². The molecule has 1 fully saturated rings. The molecule has 11 heteroatoms. The number of nitrogens with zero attached hydrogens (tertiary/aromatic N) is 1. The Morgan fingerprint density at radius 2 is 2.00 bits per heavy atom. The van der Waals surface area contributed by atoms with E-state index < -0.39 is 48.4 Å². The van der Waals surface area contributed by atoms with E-state index in [0.717, 1.165) is 16.5 Å². The monoisotopic (exact) mass is 481 g/mol. The number of rotatable bonds is 8. The van der Waals surface area contributed by atoms with Crippen molar-refractivity contribution >= 4 is 34.5 Å². The third-order valence-electron chi connectivity index (χ3n) is 6.17. The molecule has 0 radical (unpaired) electrons. The van der Waals surface area contributed by atoms with Crippen LogP contribution in [0.4, 0.5) is 0 Å². The first-order valence-electron chi connectivity index (χ1n) is 11.3. The number of aliphatic hydroxyl groups is 1. The molecule has 4 amide bonds. The number of benzene rings is 1. The Hall–Kier alpha value is -4.12. The minimum absolute atomic E-state index is 0.0749. The number of hydrogen-bond acceptors (Lipinski definition) is 6. The number of likely N-dealkylation sites (tertiary alicyclic amines) is 1. The van der Waals surface area contributed by atoms with Crippen molar-refractivity contribution in [1.82, 2.24) is 20.5 Å². The number of aromatic nitrogens is 1. The predicted molar refractivity (Wildman–Crippen MR) is 125 cm³/mol. The van der Waals surface area contributed by atoms with Crippen LogP contribution in [0.2, 0.25) is 0 Å². The predicted octanol–water partition coefficient (Wildman–Crippen LogP) is 0.0554. The number of nitrogens with one attached hydrogen (secondary N) is 3. The quantitative estimate of drug-likeness (QED) is 0.304. The van der Waals surface area contributed by atoms with Crippen molar-refractivity contribution < 1.29 is 28.7 Å². The second-order valence-corrected chi connectivity index (χ2v) is 8.47. The summed E-state index contributed by atoms with van der Waals surface area (Å²) in [6.07, 6.45) is 3.77. The van der Waals surface area contributed by atoms with Gasteiger partial charge in [-0.15, -0.1) is 0 Å². The molecule has 4 rings (SSSR count). The third-order valence-corrected chi connectivity index (χ3v) is 6.17. The highest BCUT2D eigenvalue weighted by Gasteiger charge is 2.39. The lowest BCUT2D eigenvalue weighted by Crippen LogP contribution is -2.60. The van der Waals surface area contributed by atoms with Crippen LogP contribution < -0.4 is 16.4 Å². The van der Waals surface area contributed by atoms with Gasteiger partial charge in [0.15, 0.2) is 5.76 Å². The first-order chi connectivity index (χ1) is 16.9. The number of fused-ring (bicyclic) bond motifs is 1. The molecule has 0 unspecified atom stereocenters. The van der Waals surface area contributed by atoms with E-state index in [0.29, 0.717) is 6.42 Å². The van der Waals surface area contributed by atoms with Crippen molar-refractivity contribution in [1.29, 1.82) is 0 Å². The van der Waals surface area contributed by atoms with E-state index >= 15 is 0 Å². The summed E-state index contributed by atoms with van der Waals surface area (Å²) in [7, 11) is 0. The molecule has 1 aromatic carbocycles. The molecule has 35 heavy (non-hydrogen) atoms. The maximum Gasteiger partial charge on any atom is 0.290 e. The number of piperidine rings is 1. The number of H-pyrrole nitrogens is 1. The van der Waals surface area contributed by atoms with Gasteiger partial charge in [-0.25, -0.2) is 0 Å². The van der Waals surface area contributed by atoms with Crippen LogP contribution in [-0.2, 0) is 20.8 Å². The number of para-hydroxylation sites is 1. The fraction of sp³-hybridized carbons (Fsp3) is 0.333. The summed E-state index contributed by atoms with van der Waals surface area (Å²) >= 11 is 0. The van der Waals surface area contributed by atoms with Gasteiger partial charge in [0.2, 0.25) is 17.7 Å². The summed E-state index contributed by atoms with van der Waals surface area (Å²) < 4.78 is 5.21. The van der Waals surface area contributed by atoms with E-state index in [-0.39, 0.29) is 25.1 Å². The molecule has 1 saturated heterocycles. The Labute approximate surface area is 200 Å². The van der Waals surface area contributed by atoms with Crippen LogP contribution in [0.15, 0.2) is 53.3 Å². The van der Waals surface area contributed by atoms with Crippen molar-refractivity contribution in [3.8, 4) is 0 Å². The van der Waals surface area contributed by atoms with Crippen LogP contribution >= 0.6 is 0 Å². The topological polar surface area (TPSA) is 171 Å². The molecule has 3 aromatic rings. The van der Waals surface area contributed by atoms with Crippen LogP contribution in [0.1, 0.15) is 29.0 Å². The molecular formula is C24H27N5O6. The average molecular weight is 482 g/mol. The molecule has 1 aliphatic heterocycles. The molecule has 3 heterocycles. The summed E-state index contributed by atoms with van der Waals surface area (Å²) in [6, 6.07) is 8.18. The van der Waals surface area contributed by atoms with Crippen molar-refractivity contribution in [2.24, 2.45) is 5.73 Å². The molecule has 0 spiro atoms. The van der Waals surface area contributed by atoms with Gasteiger partial charge >= 0.3 is 0 Å². The zero-order valence-corrected chi connectivity index (χ0v) is 18.9. The number of carbonyl (C=O) groups excluding carboxylic acids is 4. The smallest absolute Gasteiger partial charge is 0.290 e. The van der Waals surface area contributed by atoms with Crippen LogP contribution in [0.3, 0.4) is 0 Å². The Morgan fingerprint density at radius 3 is 2.71 bits per heavy atom. The molecule has 1 aliphatic rings. The number of aromatic amines is 1. The van der Waals surface area contributed by atoms with Crippen LogP contribution in [0, 0.1) is 0 Å². The summed E-state index contributed by atoms with van der Waals surface area (Å²) in [5.41, 5.74) is 7.31. The number of carbonyl (C=O) groups is 4. The average Bonchev–Trinajstić information content (AvgIpc) is 3.53. The van der Waals surface area contributed by atoms with Gasteiger partial charge in [0.1, 0.15) is 18.7 Å². The van der Waals surface area contributed by atoms with Gasteiger partial charge in [-0.05, 0) is 36.6 Å². The second kappa shape index (κ2) is 10.4.